The van der Waals surface area contributed by atoms with Crippen LogP contribution in [0.1, 0.15) is 0 Å². The van der Waals surface area contributed by atoms with Crippen molar-refractivity contribution in [1.82, 2.24) is 14.7 Å². The maximum absolute atomic E-state index is 12.3. The van der Waals surface area contributed by atoms with E-state index in [1.807, 2.05) is 0 Å². The smallest absolute Gasteiger partial charge is 0.388 e. The van der Waals surface area contributed by atoms with Gasteiger partial charge in [-0.2, -0.15) is 27.5 Å². The number of amides is 2. The molecule has 0 bridgehead atoms. The quantitative estimate of drug-likeness (QED) is 0.672. The highest BCUT2D eigenvalue weighted by atomic mass is 32.2. The zero-order valence-electron chi connectivity index (χ0n) is 13.0. The highest BCUT2D eigenvalue weighted by molar-refractivity contribution is 7.90. The number of anilines is 1. The number of hydrogen-bond donors (Lipinski definition) is 2. The Balaban J connectivity index is 2.18. The highest BCUT2D eigenvalue weighted by Crippen LogP contribution is 2.21. The number of hydrogen-bond acceptors (Lipinski definition) is 7. The molecule has 0 aliphatic carbocycles. The summed E-state index contributed by atoms with van der Waals surface area (Å²) >= 11 is 0. The molecule has 1 heterocycles. The predicted molar refractivity (Wildman–Crippen MR) is 81.1 cm³/mol. The number of carbonyl (C=O) groups excluding carboxylic acids is 1. The SMILES string of the molecule is O=C(Nc1nc(OC(F)F)cc(OC(F)F)n1)NS(=O)(=O)c1ccccc1. The van der Waals surface area contributed by atoms with E-state index in [1.54, 1.807) is 16.1 Å². The number of nitrogens with zero attached hydrogens (tertiary/aromatic N) is 2. The van der Waals surface area contributed by atoms with Crippen LogP contribution in [0.25, 0.3) is 0 Å². The van der Waals surface area contributed by atoms with Gasteiger partial charge in [0.1, 0.15) is 0 Å². The lowest BCUT2D eigenvalue weighted by Gasteiger charge is -2.11. The molecule has 0 saturated heterocycles. The van der Waals surface area contributed by atoms with Gasteiger partial charge in [-0.05, 0) is 12.1 Å². The van der Waals surface area contributed by atoms with Crippen LogP contribution in [0.2, 0.25) is 0 Å². The molecule has 1 aromatic carbocycles. The zero-order valence-corrected chi connectivity index (χ0v) is 13.8. The first-order valence-corrected chi connectivity index (χ1v) is 8.31. The Morgan fingerprint density at radius 2 is 1.48 bits per heavy atom. The number of aromatic nitrogens is 2. The van der Waals surface area contributed by atoms with E-state index in [-0.39, 0.29) is 4.90 Å². The van der Waals surface area contributed by atoms with Crippen LogP contribution in [0.4, 0.5) is 28.3 Å². The van der Waals surface area contributed by atoms with Gasteiger partial charge in [-0.1, -0.05) is 18.2 Å². The molecule has 2 amide bonds. The van der Waals surface area contributed by atoms with Gasteiger partial charge in [-0.15, -0.1) is 0 Å². The molecule has 0 saturated carbocycles. The minimum atomic E-state index is -4.26. The number of carbonyl (C=O) groups is 1. The Bertz CT molecular complexity index is 871. The number of rotatable bonds is 7. The maximum Gasteiger partial charge on any atom is 0.388 e. The first kappa shape index (κ1) is 20.2. The first-order chi connectivity index (χ1) is 12.7. The third-order valence-corrected chi connectivity index (χ3v) is 3.95. The van der Waals surface area contributed by atoms with Crippen LogP contribution in [-0.4, -0.2) is 37.6 Å². The van der Waals surface area contributed by atoms with Crippen LogP contribution >= 0.6 is 0 Å². The van der Waals surface area contributed by atoms with E-state index in [1.165, 1.54) is 24.3 Å². The third kappa shape index (κ3) is 6.25. The second kappa shape index (κ2) is 8.48. The van der Waals surface area contributed by atoms with Crippen LogP contribution < -0.4 is 19.5 Å². The monoisotopic (exact) mass is 410 g/mol. The molecule has 2 aromatic rings. The molecule has 146 valence electrons. The van der Waals surface area contributed by atoms with E-state index in [9.17, 15) is 30.8 Å². The lowest BCUT2D eigenvalue weighted by Crippen LogP contribution is -2.34. The minimum absolute atomic E-state index is 0.238. The Morgan fingerprint density at radius 3 is 1.96 bits per heavy atom. The molecule has 0 fully saturated rings. The van der Waals surface area contributed by atoms with E-state index < -0.39 is 47.0 Å². The summed E-state index contributed by atoms with van der Waals surface area (Å²) in [6.07, 6.45) is 0. The molecule has 27 heavy (non-hydrogen) atoms. The fraction of sp³-hybridized carbons (Fsp3) is 0.154. The van der Waals surface area contributed by atoms with Crippen molar-refractivity contribution in [1.29, 1.82) is 0 Å². The number of alkyl halides is 4. The summed E-state index contributed by atoms with van der Waals surface area (Å²) < 4.78 is 82.5. The van der Waals surface area contributed by atoms with Crippen LogP contribution in [0.3, 0.4) is 0 Å². The molecule has 9 nitrogen and oxygen atoms in total. The predicted octanol–water partition coefficient (Wildman–Crippen LogP) is 2.19. The summed E-state index contributed by atoms with van der Waals surface area (Å²) in [5, 5.41) is 1.79. The van der Waals surface area contributed by atoms with Gasteiger partial charge in [0.15, 0.2) is 0 Å². The van der Waals surface area contributed by atoms with Crippen molar-refractivity contribution in [3.05, 3.63) is 36.4 Å². The van der Waals surface area contributed by atoms with Gasteiger partial charge in [0, 0.05) is 0 Å². The molecule has 0 aliphatic rings. The summed E-state index contributed by atoms with van der Waals surface area (Å²) in [5.41, 5.74) is 0. The lowest BCUT2D eigenvalue weighted by molar-refractivity contribution is -0.0579. The van der Waals surface area contributed by atoms with Gasteiger partial charge >= 0.3 is 19.3 Å². The fourth-order valence-corrected chi connectivity index (χ4v) is 2.60. The van der Waals surface area contributed by atoms with E-state index in [0.717, 1.165) is 0 Å². The molecule has 0 radical (unpaired) electrons. The van der Waals surface area contributed by atoms with Gasteiger partial charge in [0.2, 0.25) is 17.7 Å². The van der Waals surface area contributed by atoms with Gasteiger partial charge in [-0.3, -0.25) is 5.32 Å². The van der Waals surface area contributed by atoms with Crippen LogP contribution in [0.15, 0.2) is 41.3 Å². The first-order valence-electron chi connectivity index (χ1n) is 6.83. The van der Waals surface area contributed by atoms with Crippen LogP contribution in [-0.2, 0) is 10.0 Å². The maximum atomic E-state index is 12.3. The molecular weight excluding hydrogens is 400 g/mol. The number of sulfonamides is 1. The summed E-state index contributed by atoms with van der Waals surface area (Å²) in [6, 6.07) is 5.93. The van der Waals surface area contributed by atoms with Crippen molar-refractivity contribution in [3.63, 3.8) is 0 Å². The van der Waals surface area contributed by atoms with Crippen molar-refractivity contribution in [2.45, 2.75) is 18.1 Å². The number of urea groups is 1. The zero-order chi connectivity index (χ0) is 20.0. The van der Waals surface area contributed by atoms with Crippen molar-refractivity contribution >= 4 is 22.0 Å². The molecule has 1 aromatic heterocycles. The Labute approximate surface area is 149 Å². The molecule has 2 N–H and O–H groups in total. The largest absolute Gasteiger partial charge is 0.417 e. The van der Waals surface area contributed by atoms with Crippen molar-refractivity contribution < 1.29 is 40.2 Å². The average molecular weight is 410 g/mol. The number of halogens is 4. The summed E-state index contributed by atoms with van der Waals surface area (Å²) in [7, 11) is -4.26. The van der Waals surface area contributed by atoms with Crippen molar-refractivity contribution in [2.24, 2.45) is 0 Å². The molecule has 0 spiro atoms. The van der Waals surface area contributed by atoms with E-state index >= 15 is 0 Å². The second-order valence-electron chi connectivity index (χ2n) is 4.50. The lowest BCUT2D eigenvalue weighted by atomic mass is 10.4. The average Bonchev–Trinajstić information content (AvgIpc) is 2.53. The van der Waals surface area contributed by atoms with Crippen molar-refractivity contribution in [3.8, 4) is 11.8 Å². The highest BCUT2D eigenvalue weighted by Gasteiger charge is 2.19. The van der Waals surface area contributed by atoms with Gasteiger partial charge in [0.05, 0.1) is 11.0 Å². The topological polar surface area (TPSA) is 120 Å². The molecule has 0 aliphatic heterocycles. The fourth-order valence-electron chi connectivity index (χ4n) is 1.67. The van der Waals surface area contributed by atoms with Gasteiger partial charge in [-0.25, -0.2) is 17.9 Å². The Morgan fingerprint density at radius 1 is 0.963 bits per heavy atom. The molecule has 0 atom stereocenters. The Kier molecular flexibility index (Phi) is 6.33. The molecule has 0 unspecified atom stereocenters. The van der Waals surface area contributed by atoms with E-state index in [4.69, 9.17) is 0 Å². The van der Waals surface area contributed by atoms with Gasteiger partial charge in [0.25, 0.3) is 10.0 Å². The van der Waals surface area contributed by atoms with E-state index in [0.29, 0.717) is 6.07 Å². The van der Waals surface area contributed by atoms with Crippen molar-refractivity contribution in [2.75, 3.05) is 5.32 Å². The summed E-state index contributed by atoms with van der Waals surface area (Å²) in [5.74, 6) is -2.60. The standard InChI is InChI=1S/C13H10F4N4O5S/c14-10(15)25-8-6-9(26-11(16)17)19-12(18-8)20-13(22)21-27(23,24)7-4-2-1-3-5-7/h1-6,10-11H,(H2,18,19,20,21,22). The van der Waals surface area contributed by atoms with Crippen LogP contribution in [0.5, 0.6) is 11.8 Å². The molecule has 2 rings (SSSR count). The second-order valence-corrected chi connectivity index (χ2v) is 6.18. The summed E-state index contributed by atoms with van der Waals surface area (Å²) in [6.45, 7) is -6.70. The number of benzene rings is 1. The number of nitrogens with one attached hydrogen (secondary N) is 2. The third-order valence-electron chi connectivity index (χ3n) is 2.60. The number of ether oxygens (including phenoxy) is 2. The Hall–Kier alpha value is -3.16. The molecule has 14 heteroatoms. The normalized spacial score (nSPS) is 11.3. The van der Waals surface area contributed by atoms with Gasteiger partial charge < -0.3 is 9.47 Å². The van der Waals surface area contributed by atoms with Crippen LogP contribution in [0, 0.1) is 0 Å². The molecular formula is C13H10F4N4O5S. The minimum Gasteiger partial charge on any atom is -0.417 e. The summed E-state index contributed by atoms with van der Waals surface area (Å²) in [4.78, 5) is 18.2. The van der Waals surface area contributed by atoms with E-state index in [2.05, 4.69) is 19.4 Å².